The van der Waals surface area contributed by atoms with E-state index < -0.39 is 0 Å². The fraction of sp³-hybridized carbons (Fsp3) is 0.182. The zero-order valence-electron chi connectivity index (χ0n) is 8.19. The summed E-state index contributed by atoms with van der Waals surface area (Å²) in [6.07, 6.45) is 2.73. The fourth-order valence-electron chi connectivity index (χ4n) is 0.981. The number of ketones is 1. The molecule has 1 aromatic rings. The smallest absolute Gasteiger partial charge is 0.188 e. The molecule has 0 aliphatic rings. The summed E-state index contributed by atoms with van der Waals surface area (Å²) in [5.41, 5.74) is 0.610. The fourth-order valence-corrected chi connectivity index (χ4v) is 0.981. The first-order valence-corrected chi connectivity index (χ1v) is 4.15. The second-order valence-corrected chi connectivity index (χ2v) is 2.63. The van der Waals surface area contributed by atoms with Crippen LogP contribution >= 0.6 is 0 Å². The van der Waals surface area contributed by atoms with Gasteiger partial charge in [0.1, 0.15) is 5.75 Å². The molecule has 0 unspecified atom stereocenters. The van der Waals surface area contributed by atoms with E-state index in [1.54, 1.807) is 31.4 Å². The lowest BCUT2D eigenvalue weighted by Crippen LogP contribution is -1.94. The van der Waals surface area contributed by atoms with Crippen molar-refractivity contribution in [3.05, 3.63) is 42.2 Å². The predicted octanol–water partition coefficient (Wildman–Crippen LogP) is 2.04. The number of methoxy groups -OCH3 is 2. The lowest BCUT2D eigenvalue weighted by Gasteiger charge is -1.99. The summed E-state index contributed by atoms with van der Waals surface area (Å²) in [6.45, 7) is 0. The van der Waals surface area contributed by atoms with Gasteiger partial charge in [0.05, 0.1) is 20.5 Å². The van der Waals surface area contributed by atoms with Gasteiger partial charge in [-0.05, 0) is 24.3 Å². The van der Waals surface area contributed by atoms with Crippen LogP contribution in [0.3, 0.4) is 0 Å². The normalized spacial score (nSPS) is 10.1. The van der Waals surface area contributed by atoms with Gasteiger partial charge in [-0.2, -0.15) is 0 Å². The summed E-state index contributed by atoms with van der Waals surface area (Å²) in [7, 11) is 3.08. The third kappa shape index (κ3) is 2.62. The monoisotopic (exact) mass is 192 g/mol. The van der Waals surface area contributed by atoms with Crippen molar-refractivity contribution in [2.24, 2.45) is 0 Å². The van der Waals surface area contributed by atoms with Crippen LogP contribution < -0.4 is 4.74 Å². The van der Waals surface area contributed by atoms with E-state index in [4.69, 9.17) is 4.74 Å². The number of allylic oxidation sites excluding steroid dienone is 1. The van der Waals surface area contributed by atoms with E-state index in [0.29, 0.717) is 5.56 Å². The highest BCUT2D eigenvalue weighted by atomic mass is 16.5. The molecule has 0 atom stereocenters. The third-order valence-electron chi connectivity index (χ3n) is 1.73. The van der Waals surface area contributed by atoms with Gasteiger partial charge in [-0.1, -0.05) is 0 Å². The highest BCUT2D eigenvalue weighted by Gasteiger charge is 2.00. The molecule has 14 heavy (non-hydrogen) atoms. The molecule has 0 saturated heterocycles. The SMILES string of the molecule is CO/C=C/C(=O)c1ccc(OC)cc1. The number of rotatable bonds is 4. The molecule has 0 fully saturated rings. The summed E-state index contributed by atoms with van der Waals surface area (Å²) in [5, 5.41) is 0. The van der Waals surface area contributed by atoms with Crippen LogP contribution in [0.5, 0.6) is 5.75 Å². The van der Waals surface area contributed by atoms with Crippen LogP contribution in [0.4, 0.5) is 0 Å². The van der Waals surface area contributed by atoms with Crippen LogP contribution in [0.15, 0.2) is 36.6 Å². The molecule has 3 nitrogen and oxygen atoms in total. The van der Waals surface area contributed by atoms with Crippen molar-refractivity contribution >= 4 is 5.78 Å². The van der Waals surface area contributed by atoms with E-state index in [9.17, 15) is 4.79 Å². The Kier molecular flexibility index (Phi) is 3.73. The van der Waals surface area contributed by atoms with Crippen molar-refractivity contribution < 1.29 is 14.3 Å². The first kappa shape index (κ1) is 10.3. The molecule has 0 aliphatic carbocycles. The summed E-state index contributed by atoms with van der Waals surface area (Å²) in [4.78, 5) is 11.4. The van der Waals surface area contributed by atoms with E-state index in [-0.39, 0.29) is 5.78 Å². The van der Waals surface area contributed by atoms with Crippen molar-refractivity contribution in [2.75, 3.05) is 14.2 Å². The second-order valence-electron chi connectivity index (χ2n) is 2.63. The number of carbonyl (C=O) groups excluding carboxylic acids is 1. The minimum atomic E-state index is -0.0884. The number of ether oxygens (including phenoxy) is 2. The Labute approximate surface area is 83.0 Å². The van der Waals surface area contributed by atoms with Gasteiger partial charge in [0.15, 0.2) is 5.78 Å². The second kappa shape index (κ2) is 5.07. The maximum atomic E-state index is 11.4. The Hall–Kier alpha value is -1.77. The van der Waals surface area contributed by atoms with Crippen LogP contribution in [0.25, 0.3) is 0 Å². The average Bonchev–Trinajstić information content (AvgIpc) is 2.26. The average molecular weight is 192 g/mol. The van der Waals surface area contributed by atoms with E-state index >= 15 is 0 Å². The zero-order chi connectivity index (χ0) is 10.4. The van der Waals surface area contributed by atoms with Crippen molar-refractivity contribution in [2.45, 2.75) is 0 Å². The molecule has 3 heteroatoms. The van der Waals surface area contributed by atoms with Gasteiger partial charge in [0.2, 0.25) is 0 Å². The van der Waals surface area contributed by atoms with Crippen molar-refractivity contribution in [3.8, 4) is 5.75 Å². The molecule has 0 aliphatic heterocycles. The molecule has 1 rings (SSSR count). The molecule has 0 amide bonds. The van der Waals surface area contributed by atoms with Crippen LogP contribution in [0, 0.1) is 0 Å². The Balaban J connectivity index is 2.76. The van der Waals surface area contributed by atoms with Crippen LogP contribution in [0.2, 0.25) is 0 Å². The van der Waals surface area contributed by atoms with E-state index in [1.807, 2.05) is 0 Å². The van der Waals surface area contributed by atoms with E-state index in [2.05, 4.69) is 4.74 Å². The molecule has 0 N–H and O–H groups in total. The van der Waals surface area contributed by atoms with Gasteiger partial charge < -0.3 is 9.47 Å². The van der Waals surface area contributed by atoms with Crippen molar-refractivity contribution in [1.29, 1.82) is 0 Å². The first-order chi connectivity index (χ1) is 6.77. The summed E-state index contributed by atoms with van der Waals surface area (Å²) in [6, 6.07) is 6.91. The van der Waals surface area contributed by atoms with Gasteiger partial charge in [-0.15, -0.1) is 0 Å². The number of hydrogen-bond donors (Lipinski definition) is 0. The van der Waals surface area contributed by atoms with Gasteiger partial charge >= 0.3 is 0 Å². The van der Waals surface area contributed by atoms with E-state index in [0.717, 1.165) is 5.75 Å². The maximum Gasteiger partial charge on any atom is 0.188 e. The Bertz CT molecular complexity index is 325. The molecule has 0 heterocycles. The van der Waals surface area contributed by atoms with Crippen molar-refractivity contribution in [1.82, 2.24) is 0 Å². The van der Waals surface area contributed by atoms with Gasteiger partial charge in [-0.3, -0.25) is 4.79 Å². The minimum absolute atomic E-state index is 0.0884. The molecule has 74 valence electrons. The number of benzene rings is 1. The maximum absolute atomic E-state index is 11.4. The molecular weight excluding hydrogens is 180 g/mol. The summed E-state index contributed by atoms with van der Waals surface area (Å²) in [5.74, 6) is 0.645. The van der Waals surface area contributed by atoms with Crippen molar-refractivity contribution in [3.63, 3.8) is 0 Å². The summed E-state index contributed by atoms with van der Waals surface area (Å²) < 4.78 is 9.63. The highest BCUT2D eigenvalue weighted by molar-refractivity contribution is 6.04. The molecule has 0 saturated carbocycles. The topological polar surface area (TPSA) is 35.5 Å². The lowest BCUT2D eigenvalue weighted by molar-refractivity contribution is 0.104. The molecule has 1 aromatic carbocycles. The quantitative estimate of drug-likeness (QED) is 0.416. The largest absolute Gasteiger partial charge is 0.504 e. The third-order valence-corrected chi connectivity index (χ3v) is 1.73. The number of carbonyl (C=O) groups is 1. The molecule has 0 bridgehead atoms. The molecule has 0 radical (unpaired) electrons. The highest BCUT2D eigenvalue weighted by Crippen LogP contribution is 2.11. The van der Waals surface area contributed by atoms with Crippen LogP contribution in [0.1, 0.15) is 10.4 Å². The van der Waals surface area contributed by atoms with Crippen LogP contribution in [-0.4, -0.2) is 20.0 Å². The Morgan fingerprint density at radius 2 is 1.86 bits per heavy atom. The standard InChI is InChI=1S/C11H12O3/c1-13-8-7-11(12)9-3-5-10(14-2)6-4-9/h3-8H,1-2H3/b8-7+. The number of hydrogen-bond acceptors (Lipinski definition) is 3. The summed E-state index contributed by atoms with van der Waals surface area (Å²) >= 11 is 0. The van der Waals surface area contributed by atoms with Gasteiger partial charge in [0, 0.05) is 11.6 Å². The molecular formula is C11H12O3. The first-order valence-electron chi connectivity index (χ1n) is 4.15. The van der Waals surface area contributed by atoms with Gasteiger partial charge in [0.25, 0.3) is 0 Å². The molecule has 0 aromatic heterocycles. The zero-order valence-corrected chi connectivity index (χ0v) is 8.19. The van der Waals surface area contributed by atoms with Gasteiger partial charge in [-0.25, -0.2) is 0 Å². The van der Waals surface area contributed by atoms with E-state index in [1.165, 1.54) is 19.4 Å². The molecule has 0 spiro atoms. The predicted molar refractivity (Wildman–Crippen MR) is 53.5 cm³/mol. The minimum Gasteiger partial charge on any atom is -0.504 e. The van der Waals surface area contributed by atoms with Crippen LogP contribution in [-0.2, 0) is 4.74 Å². The lowest BCUT2D eigenvalue weighted by atomic mass is 10.1. The Morgan fingerprint density at radius 3 is 2.36 bits per heavy atom. The Morgan fingerprint density at radius 1 is 1.21 bits per heavy atom.